The fraction of sp³-hybridized carbons (Fsp3) is 0.714. The molecule has 1 amide bonds. The van der Waals surface area contributed by atoms with Crippen LogP contribution < -0.4 is 11.1 Å². The SMILES string of the molecule is C=C(C)C(=O)OC(C)NCCCC.C=C(CCCCCCCC)C(N)=O. The number of unbranched alkanes of at least 4 members (excludes halogenated alkanes) is 6. The van der Waals surface area contributed by atoms with Crippen LogP contribution in [0.3, 0.4) is 0 Å². The van der Waals surface area contributed by atoms with Crippen molar-refractivity contribution in [3.63, 3.8) is 0 Å². The molecule has 0 aromatic carbocycles. The molecule has 5 heteroatoms. The van der Waals surface area contributed by atoms with Crippen molar-refractivity contribution >= 4 is 11.9 Å². The average Bonchev–Trinajstić information content (AvgIpc) is 2.58. The Morgan fingerprint density at radius 3 is 2.04 bits per heavy atom. The van der Waals surface area contributed by atoms with Crippen LogP contribution in [0.15, 0.2) is 24.3 Å². The van der Waals surface area contributed by atoms with Gasteiger partial charge in [0.05, 0.1) is 0 Å². The maximum atomic E-state index is 11.0. The van der Waals surface area contributed by atoms with Crippen molar-refractivity contribution in [2.45, 2.75) is 91.7 Å². The van der Waals surface area contributed by atoms with Gasteiger partial charge in [0.2, 0.25) is 5.91 Å². The van der Waals surface area contributed by atoms with Crippen molar-refractivity contribution < 1.29 is 14.3 Å². The van der Waals surface area contributed by atoms with Gasteiger partial charge in [-0.15, -0.1) is 0 Å². The van der Waals surface area contributed by atoms with Crippen molar-refractivity contribution in [1.82, 2.24) is 5.32 Å². The molecule has 0 aliphatic heterocycles. The summed E-state index contributed by atoms with van der Waals surface area (Å²) in [6, 6.07) is 0. The molecule has 0 rings (SSSR count). The van der Waals surface area contributed by atoms with E-state index in [9.17, 15) is 9.59 Å². The normalized spacial score (nSPS) is 11.1. The summed E-state index contributed by atoms with van der Waals surface area (Å²) in [5, 5.41) is 3.09. The van der Waals surface area contributed by atoms with Gasteiger partial charge in [0.15, 0.2) is 6.23 Å². The van der Waals surface area contributed by atoms with E-state index in [-0.39, 0.29) is 18.1 Å². The van der Waals surface area contributed by atoms with E-state index in [1.165, 1.54) is 32.1 Å². The third-order valence-electron chi connectivity index (χ3n) is 3.77. The molecule has 0 aliphatic rings. The lowest BCUT2D eigenvalue weighted by Gasteiger charge is -2.14. The Morgan fingerprint density at radius 1 is 1.00 bits per heavy atom. The standard InChI is InChI=1S/C11H21NO.C10H19NO2/c1-3-4-5-6-7-8-9-10(2)11(12)13;1-5-6-7-11-9(4)13-10(12)8(2)3/h2-9H2,1H3,(H2,12,13);9,11H,2,5-7H2,1,3-4H3. The molecule has 0 radical (unpaired) electrons. The lowest BCUT2D eigenvalue weighted by atomic mass is 10.1. The van der Waals surface area contributed by atoms with Gasteiger partial charge in [-0.05, 0) is 39.7 Å². The monoisotopic (exact) mass is 368 g/mol. The van der Waals surface area contributed by atoms with Gasteiger partial charge in [-0.3, -0.25) is 10.1 Å². The lowest BCUT2D eigenvalue weighted by molar-refractivity contribution is -0.144. The largest absolute Gasteiger partial charge is 0.444 e. The minimum atomic E-state index is -0.353. The van der Waals surface area contributed by atoms with Gasteiger partial charge in [0, 0.05) is 11.1 Å². The third kappa shape index (κ3) is 18.7. The summed E-state index contributed by atoms with van der Waals surface area (Å²) in [6.07, 6.45) is 10.2. The zero-order valence-corrected chi connectivity index (χ0v) is 17.4. The molecule has 0 aliphatic carbocycles. The first-order chi connectivity index (χ1) is 12.3. The van der Waals surface area contributed by atoms with E-state index < -0.39 is 0 Å². The molecule has 0 aromatic rings. The molecule has 0 spiro atoms. The van der Waals surface area contributed by atoms with Crippen LogP contribution in [0.4, 0.5) is 0 Å². The number of esters is 1. The number of hydrogen-bond acceptors (Lipinski definition) is 4. The summed E-state index contributed by atoms with van der Waals surface area (Å²) in [5.74, 6) is -0.690. The van der Waals surface area contributed by atoms with Gasteiger partial charge < -0.3 is 10.5 Å². The van der Waals surface area contributed by atoms with Gasteiger partial charge >= 0.3 is 5.97 Å². The van der Waals surface area contributed by atoms with E-state index in [0.29, 0.717) is 11.1 Å². The predicted octanol–water partition coefficient (Wildman–Crippen LogP) is 4.62. The third-order valence-corrected chi connectivity index (χ3v) is 3.77. The van der Waals surface area contributed by atoms with Gasteiger partial charge in [-0.1, -0.05) is 65.5 Å². The van der Waals surface area contributed by atoms with E-state index in [4.69, 9.17) is 10.5 Å². The molecule has 1 unspecified atom stereocenters. The van der Waals surface area contributed by atoms with E-state index in [0.717, 1.165) is 32.2 Å². The van der Waals surface area contributed by atoms with Gasteiger partial charge in [0.25, 0.3) is 0 Å². The summed E-state index contributed by atoms with van der Waals surface area (Å²) in [6.45, 7) is 15.8. The van der Waals surface area contributed by atoms with E-state index >= 15 is 0 Å². The van der Waals surface area contributed by atoms with E-state index in [2.05, 4.69) is 32.3 Å². The minimum Gasteiger partial charge on any atom is -0.444 e. The topological polar surface area (TPSA) is 81.4 Å². The highest BCUT2D eigenvalue weighted by molar-refractivity contribution is 5.91. The first-order valence-electron chi connectivity index (χ1n) is 9.83. The van der Waals surface area contributed by atoms with E-state index in [1.807, 2.05) is 6.92 Å². The number of hydrogen-bond donors (Lipinski definition) is 2. The van der Waals surface area contributed by atoms with Gasteiger partial charge in [-0.2, -0.15) is 0 Å². The first kappa shape index (κ1) is 26.6. The summed E-state index contributed by atoms with van der Waals surface area (Å²) >= 11 is 0. The number of carbonyl (C=O) groups excluding carboxylic acids is 2. The number of rotatable bonds is 14. The number of primary amides is 1. The predicted molar refractivity (Wildman–Crippen MR) is 110 cm³/mol. The summed E-state index contributed by atoms with van der Waals surface area (Å²) < 4.78 is 5.01. The maximum absolute atomic E-state index is 11.0. The Hall–Kier alpha value is -1.62. The molecular formula is C21H40N2O3. The number of ether oxygens (including phenoxy) is 1. The summed E-state index contributed by atoms with van der Waals surface area (Å²) in [4.78, 5) is 21.6. The van der Waals surface area contributed by atoms with Crippen LogP contribution in [0, 0.1) is 0 Å². The second-order valence-corrected chi connectivity index (χ2v) is 6.62. The second kappa shape index (κ2) is 18.2. The zero-order chi connectivity index (χ0) is 20.4. The van der Waals surface area contributed by atoms with Crippen molar-refractivity contribution in [3.05, 3.63) is 24.3 Å². The van der Waals surface area contributed by atoms with Crippen LogP contribution >= 0.6 is 0 Å². The first-order valence-corrected chi connectivity index (χ1v) is 9.83. The lowest BCUT2D eigenvalue weighted by Crippen LogP contribution is -2.31. The maximum Gasteiger partial charge on any atom is 0.334 e. The summed E-state index contributed by atoms with van der Waals surface area (Å²) in [7, 11) is 0. The van der Waals surface area contributed by atoms with Crippen molar-refractivity contribution in [1.29, 1.82) is 0 Å². The Balaban J connectivity index is 0. The molecule has 0 aromatic heterocycles. The van der Waals surface area contributed by atoms with Gasteiger partial charge in [-0.25, -0.2) is 4.79 Å². The molecule has 0 saturated heterocycles. The van der Waals surface area contributed by atoms with Crippen LogP contribution in [0.2, 0.25) is 0 Å². The molecule has 5 nitrogen and oxygen atoms in total. The Labute approximate surface area is 160 Å². The smallest absolute Gasteiger partial charge is 0.334 e. The molecule has 26 heavy (non-hydrogen) atoms. The molecule has 0 saturated carbocycles. The highest BCUT2D eigenvalue weighted by Gasteiger charge is 2.08. The van der Waals surface area contributed by atoms with Gasteiger partial charge in [0.1, 0.15) is 0 Å². The molecule has 0 bridgehead atoms. The fourth-order valence-electron chi connectivity index (χ4n) is 2.03. The second-order valence-electron chi connectivity index (χ2n) is 6.62. The summed E-state index contributed by atoms with van der Waals surface area (Å²) in [5.41, 5.74) is 6.06. The Morgan fingerprint density at radius 2 is 1.54 bits per heavy atom. The van der Waals surface area contributed by atoms with Crippen molar-refractivity contribution in [2.24, 2.45) is 5.73 Å². The van der Waals surface area contributed by atoms with Crippen molar-refractivity contribution in [2.75, 3.05) is 6.54 Å². The number of carbonyl (C=O) groups is 2. The fourth-order valence-corrected chi connectivity index (χ4v) is 2.03. The molecule has 0 fully saturated rings. The van der Waals surface area contributed by atoms with Crippen LogP contribution in [-0.2, 0) is 14.3 Å². The number of nitrogens with two attached hydrogens (primary N) is 1. The minimum absolute atomic E-state index is 0.226. The van der Waals surface area contributed by atoms with E-state index in [1.54, 1.807) is 6.92 Å². The van der Waals surface area contributed by atoms with Crippen LogP contribution in [0.5, 0.6) is 0 Å². The highest BCUT2D eigenvalue weighted by Crippen LogP contribution is 2.10. The Kier molecular flexibility index (Phi) is 18.6. The molecule has 0 heterocycles. The van der Waals surface area contributed by atoms with Crippen LogP contribution in [-0.4, -0.2) is 24.6 Å². The molecule has 1 atom stereocenters. The number of nitrogens with one attached hydrogen (secondary N) is 1. The van der Waals surface area contributed by atoms with Crippen LogP contribution in [0.1, 0.15) is 85.5 Å². The molecule has 3 N–H and O–H groups in total. The molecule has 152 valence electrons. The average molecular weight is 369 g/mol. The number of amides is 1. The Bertz CT molecular complexity index is 419. The molecular weight excluding hydrogens is 328 g/mol. The highest BCUT2D eigenvalue weighted by atomic mass is 16.6. The van der Waals surface area contributed by atoms with Crippen molar-refractivity contribution in [3.8, 4) is 0 Å². The van der Waals surface area contributed by atoms with Crippen LogP contribution in [0.25, 0.3) is 0 Å². The quantitative estimate of drug-likeness (QED) is 0.203. The zero-order valence-electron chi connectivity index (χ0n) is 17.4.